The van der Waals surface area contributed by atoms with E-state index in [1.165, 1.54) is 0 Å². The molecule has 0 saturated carbocycles. The van der Waals surface area contributed by atoms with E-state index in [1.54, 1.807) is 18.2 Å². The fourth-order valence-corrected chi connectivity index (χ4v) is 2.40. The molecule has 1 rings (SSSR count). The van der Waals surface area contributed by atoms with Crippen molar-refractivity contribution in [1.82, 2.24) is 5.32 Å². The van der Waals surface area contributed by atoms with Crippen LogP contribution in [-0.2, 0) is 0 Å². The molecule has 5 heteroatoms. The number of aliphatic hydroxyl groups excluding tert-OH is 1. The lowest BCUT2D eigenvalue weighted by Crippen LogP contribution is -2.39. The van der Waals surface area contributed by atoms with E-state index < -0.39 is 0 Å². The fraction of sp³-hybridized carbons (Fsp3) is 0.500. The highest BCUT2D eigenvalue weighted by atomic mass is 79.9. The van der Waals surface area contributed by atoms with E-state index in [1.807, 2.05) is 13.8 Å². The highest BCUT2D eigenvalue weighted by Gasteiger charge is 2.26. The standard InChI is InChI=1S/C14H21BrN2O2/c1-3-14(4-2,9-18)8-17-13(19)10-5-11(15)7-12(16)6-10/h5-7,18H,3-4,8-9,16H2,1-2H3,(H,17,19). The number of rotatable bonds is 6. The Morgan fingerprint density at radius 2 is 2.00 bits per heavy atom. The number of hydrogen-bond acceptors (Lipinski definition) is 3. The fourth-order valence-electron chi connectivity index (χ4n) is 1.89. The highest BCUT2D eigenvalue weighted by Crippen LogP contribution is 2.24. The number of nitrogens with one attached hydrogen (secondary N) is 1. The van der Waals surface area contributed by atoms with Crippen molar-refractivity contribution >= 4 is 27.5 Å². The average Bonchev–Trinajstić information content (AvgIpc) is 2.39. The second kappa shape index (κ2) is 6.91. The van der Waals surface area contributed by atoms with Crippen molar-refractivity contribution in [1.29, 1.82) is 0 Å². The van der Waals surface area contributed by atoms with Gasteiger partial charge in [-0.2, -0.15) is 0 Å². The van der Waals surface area contributed by atoms with E-state index >= 15 is 0 Å². The molecular formula is C14H21BrN2O2. The number of benzene rings is 1. The molecule has 0 aliphatic carbocycles. The van der Waals surface area contributed by atoms with Gasteiger partial charge in [0.2, 0.25) is 0 Å². The van der Waals surface area contributed by atoms with Crippen molar-refractivity contribution in [3.8, 4) is 0 Å². The summed E-state index contributed by atoms with van der Waals surface area (Å²) >= 11 is 3.31. The molecule has 0 unspecified atom stereocenters. The van der Waals surface area contributed by atoms with Gasteiger partial charge >= 0.3 is 0 Å². The molecule has 0 radical (unpaired) electrons. The first kappa shape index (κ1) is 16.0. The minimum atomic E-state index is -0.243. The van der Waals surface area contributed by atoms with Crippen molar-refractivity contribution < 1.29 is 9.90 Å². The van der Waals surface area contributed by atoms with Crippen LogP contribution in [0.5, 0.6) is 0 Å². The van der Waals surface area contributed by atoms with Gasteiger partial charge in [-0.25, -0.2) is 0 Å². The van der Waals surface area contributed by atoms with Gasteiger partial charge in [0.05, 0.1) is 6.61 Å². The van der Waals surface area contributed by atoms with Crippen molar-refractivity contribution in [2.75, 3.05) is 18.9 Å². The van der Waals surface area contributed by atoms with Crippen LogP contribution in [0.3, 0.4) is 0 Å². The molecule has 0 aromatic heterocycles. The molecule has 1 aromatic rings. The number of amides is 1. The molecule has 1 amide bonds. The zero-order valence-electron chi connectivity index (χ0n) is 11.4. The molecule has 19 heavy (non-hydrogen) atoms. The molecule has 4 N–H and O–H groups in total. The summed E-state index contributed by atoms with van der Waals surface area (Å²) in [5, 5.41) is 12.3. The zero-order valence-corrected chi connectivity index (χ0v) is 13.0. The summed E-state index contributed by atoms with van der Waals surface area (Å²) in [4.78, 5) is 12.1. The van der Waals surface area contributed by atoms with E-state index in [0.717, 1.165) is 17.3 Å². The molecule has 0 aliphatic heterocycles. The quantitative estimate of drug-likeness (QED) is 0.702. The molecule has 0 bridgehead atoms. The van der Waals surface area contributed by atoms with Crippen molar-refractivity contribution in [2.45, 2.75) is 26.7 Å². The maximum absolute atomic E-state index is 12.1. The van der Waals surface area contributed by atoms with Crippen molar-refractivity contribution in [2.24, 2.45) is 5.41 Å². The number of nitrogens with two attached hydrogens (primary N) is 1. The molecule has 0 aliphatic rings. The van der Waals surface area contributed by atoms with Gasteiger partial charge in [0.25, 0.3) is 5.91 Å². The minimum Gasteiger partial charge on any atom is -0.399 e. The van der Waals surface area contributed by atoms with Crippen molar-refractivity contribution in [3.63, 3.8) is 0 Å². The van der Waals surface area contributed by atoms with E-state index in [2.05, 4.69) is 21.2 Å². The third kappa shape index (κ3) is 4.21. The van der Waals surface area contributed by atoms with Gasteiger partial charge in [0, 0.05) is 27.7 Å². The lowest BCUT2D eigenvalue weighted by atomic mass is 9.83. The number of hydrogen-bond donors (Lipinski definition) is 3. The molecule has 0 heterocycles. The Hall–Kier alpha value is -1.07. The molecule has 0 saturated heterocycles. The van der Waals surface area contributed by atoms with Gasteiger partial charge in [-0.15, -0.1) is 0 Å². The summed E-state index contributed by atoms with van der Waals surface area (Å²) in [6, 6.07) is 5.11. The first-order valence-electron chi connectivity index (χ1n) is 6.41. The van der Waals surface area contributed by atoms with E-state index in [4.69, 9.17) is 5.73 Å². The molecule has 106 valence electrons. The van der Waals surface area contributed by atoms with Gasteiger partial charge in [0.15, 0.2) is 0 Å². The molecule has 0 spiro atoms. The predicted octanol–water partition coefficient (Wildman–Crippen LogP) is 2.56. The number of halogens is 1. The number of anilines is 1. The summed E-state index contributed by atoms with van der Waals surface area (Å²) in [6.07, 6.45) is 1.64. The summed E-state index contributed by atoms with van der Waals surface area (Å²) in [5.41, 5.74) is 6.52. The van der Waals surface area contributed by atoms with Gasteiger partial charge in [0.1, 0.15) is 0 Å². The number of carbonyl (C=O) groups excluding carboxylic acids is 1. The second-order valence-electron chi connectivity index (χ2n) is 4.82. The topological polar surface area (TPSA) is 75.3 Å². The predicted molar refractivity (Wildman–Crippen MR) is 81.0 cm³/mol. The Morgan fingerprint density at radius 1 is 1.37 bits per heavy atom. The van der Waals surface area contributed by atoms with Gasteiger partial charge in [-0.3, -0.25) is 4.79 Å². The minimum absolute atomic E-state index is 0.0703. The van der Waals surface area contributed by atoms with Crippen LogP contribution in [0.2, 0.25) is 0 Å². The van der Waals surface area contributed by atoms with E-state index in [9.17, 15) is 9.90 Å². The summed E-state index contributed by atoms with van der Waals surface area (Å²) in [5.74, 6) is -0.173. The van der Waals surface area contributed by atoms with E-state index in [-0.39, 0.29) is 17.9 Å². The Balaban J connectivity index is 2.74. The van der Waals surface area contributed by atoms with Crippen LogP contribution in [-0.4, -0.2) is 24.2 Å². The Kier molecular flexibility index (Phi) is 5.82. The molecule has 4 nitrogen and oxygen atoms in total. The van der Waals surface area contributed by atoms with Crippen LogP contribution in [0.25, 0.3) is 0 Å². The summed E-state index contributed by atoms with van der Waals surface area (Å²) in [6.45, 7) is 4.56. The Bertz CT molecular complexity index is 417. The lowest BCUT2D eigenvalue weighted by molar-refractivity contribution is 0.0851. The third-order valence-electron chi connectivity index (χ3n) is 3.64. The maximum atomic E-state index is 12.1. The van der Waals surface area contributed by atoms with Crippen LogP contribution >= 0.6 is 15.9 Å². The van der Waals surface area contributed by atoms with Gasteiger partial charge in [-0.05, 0) is 31.0 Å². The summed E-state index contributed by atoms with van der Waals surface area (Å²) < 4.78 is 0.775. The second-order valence-corrected chi connectivity index (χ2v) is 5.74. The van der Waals surface area contributed by atoms with Gasteiger partial charge in [-0.1, -0.05) is 29.8 Å². The van der Waals surface area contributed by atoms with E-state index in [0.29, 0.717) is 17.8 Å². The zero-order chi connectivity index (χ0) is 14.5. The van der Waals surface area contributed by atoms with Gasteiger partial charge < -0.3 is 16.2 Å². The normalized spacial score (nSPS) is 11.4. The highest BCUT2D eigenvalue weighted by molar-refractivity contribution is 9.10. The average molecular weight is 329 g/mol. The largest absolute Gasteiger partial charge is 0.399 e. The smallest absolute Gasteiger partial charge is 0.251 e. The number of aliphatic hydroxyl groups is 1. The Morgan fingerprint density at radius 3 is 2.47 bits per heavy atom. The summed E-state index contributed by atoms with van der Waals surface area (Å²) in [7, 11) is 0. The maximum Gasteiger partial charge on any atom is 0.251 e. The van der Waals surface area contributed by atoms with Crippen LogP contribution in [0, 0.1) is 5.41 Å². The SMILES string of the molecule is CCC(CC)(CO)CNC(=O)c1cc(N)cc(Br)c1. The van der Waals surface area contributed by atoms with Crippen LogP contribution in [0.1, 0.15) is 37.0 Å². The first-order chi connectivity index (χ1) is 8.96. The lowest BCUT2D eigenvalue weighted by Gasteiger charge is -2.29. The van der Waals surface area contributed by atoms with Crippen LogP contribution < -0.4 is 11.1 Å². The van der Waals surface area contributed by atoms with Crippen molar-refractivity contribution in [3.05, 3.63) is 28.2 Å². The number of nitrogen functional groups attached to an aromatic ring is 1. The van der Waals surface area contributed by atoms with Crippen LogP contribution in [0.15, 0.2) is 22.7 Å². The van der Waals surface area contributed by atoms with Crippen LogP contribution in [0.4, 0.5) is 5.69 Å². The monoisotopic (exact) mass is 328 g/mol. The third-order valence-corrected chi connectivity index (χ3v) is 4.10. The number of carbonyl (C=O) groups is 1. The molecule has 0 fully saturated rings. The molecular weight excluding hydrogens is 308 g/mol. The molecule has 1 aromatic carbocycles. The first-order valence-corrected chi connectivity index (χ1v) is 7.21. The Labute approximate surface area is 122 Å². The molecule has 0 atom stereocenters.